The fourth-order valence-electron chi connectivity index (χ4n) is 3.09. The summed E-state index contributed by atoms with van der Waals surface area (Å²) in [5, 5.41) is 18.8. The summed E-state index contributed by atoms with van der Waals surface area (Å²) in [7, 11) is 0. The molecule has 0 bridgehead atoms. The number of rotatable bonds is 13. The first kappa shape index (κ1) is 24.8. The van der Waals surface area contributed by atoms with Crippen LogP contribution in [0.3, 0.4) is 0 Å². The average Bonchev–Trinajstić information content (AvgIpc) is 2.74. The lowest BCUT2D eigenvalue weighted by Gasteiger charge is -2.32. The molecule has 4 N–H and O–H groups in total. The lowest BCUT2D eigenvalue weighted by atomic mass is 9.79. The molecule has 7 nitrogen and oxygen atoms in total. The van der Waals surface area contributed by atoms with Crippen LogP contribution >= 0.6 is 0 Å². The van der Waals surface area contributed by atoms with E-state index in [1.807, 2.05) is 38.1 Å². The van der Waals surface area contributed by atoms with Gasteiger partial charge in [-0.15, -0.1) is 0 Å². The number of nitrogens with one attached hydrogen (secondary N) is 3. The molecular weight excluding hydrogens is 368 g/mol. The summed E-state index contributed by atoms with van der Waals surface area (Å²) in [6.45, 7) is 11.1. The second-order valence-corrected chi connectivity index (χ2v) is 7.12. The van der Waals surface area contributed by atoms with Gasteiger partial charge in [-0.2, -0.15) is 0 Å². The van der Waals surface area contributed by atoms with E-state index in [1.165, 1.54) is 0 Å². The highest BCUT2D eigenvalue weighted by Crippen LogP contribution is 2.29. The molecule has 0 saturated heterocycles. The van der Waals surface area contributed by atoms with Crippen LogP contribution in [0.2, 0.25) is 0 Å². The first-order chi connectivity index (χ1) is 14.0. The van der Waals surface area contributed by atoms with E-state index in [4.69, 9.17) is 4.74 Å². The fraction of sp³-hybridized carbons (Fsp3) is 0.636. The minimum Gasteiger partial charge on any atom is -0.484 e. The van der Waals surface area contributed by atoms with Crippen LogP contribution in [0.1, 0.15) is 52.5 Å². The Morgan fingerprint density at radius 2 is 1.83 bits per heavy atom. The highest BCUT2D eigenvalue weighted by molar-refractivity contribution is 5.79. The van der Waals surface area contributed by atoms with Crippen molar-refractivity contribution in [2.24, 2.45) is 10.4 Å². The lowest BCUT2D eigenvalue weighted by Crippen LogP contribution is -2.43. The van der Waals surface area contributed by atoms with Gasteiger partial charge in [-0.05, 0) is 56.2 Å². The number of amides is 1. The predicted molar refractivity (Wildman–Crippen MR) is 118 cm³/mol. The zero-order chi connectivity index (χ0) is 21.5. The molecule has 0 atom stereocenters. The van der Waals surface area contributed by atoms with Crippen molar-refractivity contribution in [3.8, 4) is 5.75 Å². The maximum absolute atomic E-state index is 11.5. The first-order valence-corrected chi connectivity index (χ1v) is 10.6. The zero-order valence-corrected chi connectivity index (χ0v) is 18.4. The smallest absolute Gasteiger partial charge is 0.257 e. The van der Waals surface area contributed by atoms with Crippen molar-refractivity contribution in [1.82, 2.24) is 16.0 Å². The third-order valence-electron chi connectivity index (χ3n) is 5.18. The number of guanidine groups is 1. The van der Waals surface area contributed by atoms with Crippen LogP contribution in [0, 0.1) is 5.41 Å². The molecule has 0 heterocycles. The SMILES string of the molecule is CCNC(=O)COc1cccc(CN=C(NCC)NCC(CC)(CC)CCO)c1. The molecule has 0 radical (unpaired) electrons. The standard InChI is InChI=1S/C22H38N4O3/c1-5-22(6-2,12-13-27)17-26-21(24-8-4)25-15-18-10-9-11-19(14-18)29-16-20(28)23-7-3/h9-11,14,27H,5-8,12-13,15-17H2,1-4H3,(H,23,28)(H2,24,25,26). The number of aliphatic imine (C=N–C) groups is 1. The average molecular weight is 407 g/mol. The number of benzene rings is 1. The van der Waals surface area contributed by atoms with Crippen molar-refractivity contribution in [1.29, 1.82) is 0 Å². The molecule has 0 aliphatic carbocycles. The van der Waals surface area contributed by atoms with Crippen LogP contribution in [-0.4, -0.2) is 49.8 Å². The molecule has 0 spiro atoms. The van der Waals surface area contributed by atoms with E-state index in [0.717, 1.165) is 43.9 Å². The van der Waals surface area contributed by atoms with E-state index in [1.54, 1.807) is 0 Å². The van der Waals surface area contributed by atoms with Gasteiger partial charge in [-0.1, -0.05) is 26.0 Å². The van der Waals surface area contributed by atoms with Gasteiger partial charge < -0.3 is 25.8 Å². The summed E-state index contributed by atoms with van der Waals surface area (Å²) in [4.78, 5) is 16.2. The number of carbonyl (C=O) groups is 1. The van der Waals surface area contributed by atoms with E-state index in [-0.39, 0.29) is 24.5 Å². The van der Waals surface area contributed by atoms with Gasteiger partial charge >= 0.3 is 0 Å². The Morgan fingerprint density at radius 3 is 2.45 bits per heavy atom. The second-order valence-electron chi connectivity index (χ2n) is 7.12. The molecule has 7 heteroatoms. The molecule has 1 amide bonds. The molecule has 1 aromatic carbocycles. The summed E-state index contributed by atoms with van der Waals surface area (Å²) in [6, 6.07) is 7.63. The summed E-state index contributed by atoms with van der Waals surface area (Å²) >= 11 is 0. The third-order valence-corrected chi connectivity index (χ3v) is 5.18. The van der Waals surface area contributed by atoms with Crippen molar-refractivity contribution < 1.29 is 14.6 Å². The molecule has 164 valence electrons. The van der Waals surface area contributed by atoms with Crippen LogP contribution < -0.4 is 20.7 Å². The van der Waals surface area contributed by atoms with E-state index in [9.17, 15) is 9.90 Å². The van der Waals surface area contributed by atoms with Crippen LogP contribution in [0.5, 0.6) is 5.75 Å². The fourth-order valence-corrected chi connectivity index (χ4v) is 3.09. The predicted octanol–water partition coefficient (Wildman–Crippen LogP) is 2.45. The molecule has 0 aliphatic heterocycles. The number of aliphatic hydroxyl groups excluding tert-OH is 1. The normalized spacial score (nSPS) is 11.8. The largest absolute Gasteiger partial charge is 0.484 e. The van der Waals surface area contributed by atoms with Gasteiger partial charge in [-0.3, -0.25) is 4.79 Å². The summed E-state index contributed by atoms with van der Waals surface area (Å²) in [6.07, 6.45) is 2.78. The first-order valence-electron chi connectivity index (χ1n) is 10.6. The maximum Gasteiger partial charge on any atom is 0.257 e. The molecule has 1 aromatic rings. The monoisotopic (exact) mass is 406 g/mol. The summed E-state index contributed by atoms with van der Waals surface area (Å²) < 4.78 is 5.55. The Bertz CT molecular complexity index is 630. The minimum absolute atomic E-state index is 0.00569. The molecule has 1 rings (SSSR count). The Balaban J connectivity index is 2.73. The van der Waals surface area contributed by atoms with Gasteiger partial charge in [0.1, 0.15) is 5.75 Å². The molecule has 0 unspecified atom stereocenters. The van der Waals surface area contributed by atoms with Gasteiger partial charge in [0, 0.05) is 26.2 Å². The number of nitrogens with zero attached hydrogens (tertiary/aromatic N) is 1. The van der Waals surface area contributed by atoms with E-state index in [0.29, 0.717) is 18.8 Å². The molecule has 29 heavy (non-hydrogen) atoms. The summed E-state index contributed by atoms with van der Waals surface area (Å²) in [5.41, 5.74) is 1.07. The van der Waals surface area contributed by atoms with Gasteiger partial charge in [0.05, 0.1) is 6.54 Å². The Kier molecular flexibility index (Phi) is 11.8. The Labute approximate surface area is 175 Å². The van der Waals surface area contributed by atoms with Crippen molar-refractivity contribution in [2.45, 2.75) is 53.5 Å². The van der Waals surface area contributed by atoms with Gasteiger partial charge in [0.2, 0.25) is 0 Å². The van der Waals surface area contributed by atoms with E-state index in [2.05, 4.69) is 34.8 Å². The second kappa shape index (κ2) is 13.8. The van der Waals surface area contributed by atoms with E-state index < -0.39 is 0 Å². The molecule has 0 fully saturated rings. The van der Waals surface area contributed by atoms with Gasteiger partial charge in [-0.25, -0.2) is 4.99 Å². The number of carbonyl (C=O) groups excluding carboxylic acids is 1. The Morgan fingerprint density at radius 1 is 1.10 bits per heavy atom. The molecular formula is C22H38N4O3. The minimum atomic E-state index is -0.132. The third kappa shape index (κ3) is 9.17. The van der Waals surface area contributed by atoms with Crippen molar-refractivity contribution in [2.75, 3.05) is 32.8 Å². The number of hydrogen-bond donors (Lipinski definition) is 4. The molecule has 0 aliphatic rings. The van der Waals surface area contributed by atoms with Gasteiger partial charge in [0.15, 0.2) is 12.6 Å². The summed E-state index contributed by atoms with van der Waals surface area (Å²) in [5.74, 6) is 1.28. The van der Waals surface area contributed by atoms with Crippen LogP contribution in [0.25, 0.3) is 0 Å². The molecule has 0 saturated carbocycles. The van der Waals surface area contributed by atoms with Crippen LogP contribution in [0.15, 0.2) is 29.3 Å². The van der Waals surface area contributed by atoms with Gasteiger partial charge in [0.25, 0.3) is 5.91 Å². The highest BCUT2D eigenvalue weighted by Gasteiger charge is 2.25. The van der Waals surface area contributed by atoms with E-state index >= 15 is 0 Å². The highest BCUT2D eigenvalue weighted by atomic mass is 16.5. The number of ether oxygens (including phenoxy) is 1. The quantitative estimate of drug-likeness (QED) is 0.298. The number of aliphatic hydroxyl groups is 1. The topological polar surface area (TPSA) is 95.0 Å². The number of hydrogen-bond acceptors (Lipinski definition) is 4. The lowest BCUT2D eigenvalue weighted by molar-refractivity contribution is -0.122. The van der Waals surface area contributed by atoms with Crippen molar-refractivity contribution in [3.05, 3.63) is 29.8 Å². The van der Waals surface area contributed by atoms with Crippen LogP contribution in [0.4, 0.5) is 0 Å². The molecule has 0 aromatic heterocycles. The zero-order valence-electron chi connectivity index (χ0n) is 18.4. The Hall–Kier alpha value is -2.28. The van der Waals surface area contributed by atoms with Crippen molar-refractivity contribution >= 4 is 11.9 Å². The number of likely N-dealkylation sites (N-methyl/N-ethyl adjacent to an activating group) is 1. The van der Waals surface area contributed by atoms with Crippen LogP contribution in [-0.2, 0) is 11.3 Å². The van der Waals surface area contributed by atoms with Crippen molar-refractivity contribution in [3.63, 3.8) is 0 Å². The maximum atomic E-state index is 11.5.